The van der Waals surface area contributed by atoms with E-state index in [9.17, 15) is 8.42 Å². The zero-order chi connectivity index (χ0) is 8.32. The lowest BCUT2D eigenvalue weighted by molar-refractivity contribution is 0.501. The van der Waals surface area contributed by atoms with E-state index in [-0.39, 0.29) is 0 Å². The minimum Gasteiger partial charge on any atom is -0.292 e. The van der Waals surface area contributed by atoms with E-state index in [0.717, 1.165) is 5.19 Å². The molecule has 0 heterocycles. The van der Waals surface area contributed by atoms with Crippen LogP contribution in [0.3, 0.4) is 0 Å². The molecule has 0 aliphatic carbocycles. The van der Waals surface area contributed by atoms with Crippen LogP contribution in [0.25, 0.3) is 0 Å². The molecule has 0 unspecified atom stereocenters. The van der Waals surface area contributed by atoms with Crippen LogP contribution in [0.15, 0.2) is 30.3 Å². The molecule has 60 valence electrons. The maximum absolute atomic E-state index is 10.4. The second-order valence-corrected chi connectivity index (χ2v) is 7.54. The summed E-state index contributed by atoms with van der Waals surface area (Å²) in [6.07, 6.45) is 0. The predicted molar refractivity (Wildman–Crippen MR) is 46.2 cm³/mol. The van der Waals surface area contributed by atoms with E-state index in [2.05, 4.69) is 0 Å². The molecule has 1 aromatic carbocycles. The van der Waals surface area contributed by atoms with Gasteiger partial charge in [0.1, 0.15) is 0 Å². The fraction of sp³-hybridized carbons (Fsp3) is 0. The Hall–Kier alpha value is -0.653. The van der Waals surface area contributed by atoms with Crippen LogP contribution in [0.2, 0.25) is 0 Å². The van der Waals surface area contributed by atoms with E-state index in [1.165, 1.54) is 0 Å². The van der Waals surface area contributed by atoms with Crippen molar-refractivity contribution in [2.45, 2.75) is 0 Å². The van der Waals surface area contributed by atoms with Crippen molar-refractivity contribution >= 4 is 23.4 Å². The molecule has 11 heavy (non-hydrogen) atoms. The summed E-state index contributed by atoms with van der Waals surface area (Å²) in [6, 6.07) is 8.74. The van der Waals surface area contributed by atoms with E-state index in [1.54, 1.807) is 24.3 Å². The molecule has 0 fully saturated rings. The van der Waals surface area contributed by atoms with E-state index in [4.69, 9.17) is 4.55 Å². The molecule has 0 aliphatic rings. The van der Waals surface area contributed by atoms with Crippen molar-refractivity contribution in [3.63, 3.8) is 0 Å². The molecule has 0 radical (unpaired) electrons. The third-order valence-corrected chi connectivity index (χ3v) is 4.46. The molecule has 0 bridgehead atoms. The summed E-state index contributed by atoms with van der Waals surface area (Å²) in [7, 11) is -5.28. The molecule has 0 amide bonds. The quantitative estimate of drug-likeness (QED) is 0.492. The standard InChI is InChI=1S/C6H8O3SSi/c7-10(8,9)11-6-4-2-1-3-5-6/h1-5H,11H2,(H,7,8,9). The molecule has 1 rings (SSSR count). The second kappa shape index (κ2) is 3.16. The third-order valence-electron chi connectivity index (χ3n) is 1.19. The molecule has 0 atom stereocenters. The molecule has 0 saturated carbocycles. The molecular formula is C6H8O3SSi. The first-order chi connectivity index (χ1) is 5.08. The van der Waals surface area contributed by atoms with Gasteiger partial charge in [0.05, 0.1) is 0 Å². The maximum atomic E-state index is 10.4. The lowest BCUT2D eigenvalue weighted by atomic mass is 10.4. The van der Waals surface area contributed by atoms with Gasteiger partial charge in [-0.25, -0.2) is 8.42 Å². The zero-order valence-corrected chi connectivity index (χ0v) is 8.00. The molecule has 1 aromatic rings. The van der Waals surface area contributed by atoms with Gasteiger partial charge in [0.25, 0.3) is 0 Å². The lowest BCUT2D eigenvalue weighted by Crippen LogP contribution is -2.22. The Morgan fingerprint density at radius 3 is 2.18 bits per heavy atom. The van der Waals surface area contributed by atoms with Gasteiger partial charge < -0.3 is 0 Å². The summed E-state index contributed by atoms with van der Waals surface area (Å²) in [4.78, 5) is 0. The zero-order valence-electron chi connectivity index (χ0n) is 5.77. The van der Waals surface area contributed by atoms with E-state index < -0.39 is 18.2 Å². The van der Waals surface area contributed by atoms with Crippen LogP contribution in [0.1, 0.15) is 0 Å². The SMILES string of the molecule is O=S(=O)(O)[SiH2]c1ccccc1. The summed E-state index contributed by atoms with van der Waals surface area (Å²) in [5.74, 6) is 0. The van der Waals surface area contributed by atoms with Crippen LogP contribution in [0.5, 0.6) is 0 Å². The van der Waals surface area contributed by atoms with Gasteiger partial charge in [-0.3, -0.25) is 4.55 Å². The van der Waals surface area contributed by atoms with Crippen LogP contribution >= 0.6 is 0 Å². The highest BCUT2D eigenvalue weighted by Gasteiger charge is 2.05. The van der Waals surface area contributed by atoms with E-state index in [1.807, 2.05) is 6.07 Å². The molecule has 0 aliphatic heterocycles. The molecule has 3 nitrogen and oxygen atoms in total. The van der Waals surface area contributed by atoms with Crippen molar-refractivity contribution in [3.8, 4) is 0 Å². The third kappa shape index (κ3) is 3.31. The van der Waals surface area contributed by atoms with Gasteiger partial charge in [0.2, 0.25) is 18.2 Å². The van der Waals surface area contributed by atoms with Crippen LogP contribution in [0, 0.1) is 0 Å². The largest absolute Gasteiger partial charge is 0.292 e. The van der Waals surface area contributed by atoms with Gasteiger partial charge in [-0.05, 0) is 5.19 Å². The van der Waals surface area contributed by atoms with Crippen LogP contribution in [0.4, 0.5) is 0 Å². The summed E-state index contributed by atoms with van der Waals surface area (Å²) in [5, 5.41) is 0.731. The van der Waals surface area contributed by atoms with Crippen molar-refractivity contribution in [3.05, 3.63) is 30.3 Å². The van der Waals surface area contributed by atoms with Crippen molar-refractivity contribution < 1.29 is 13.0 Å². The molecule has 1 N–H and O–H groups in total. The van der Waals surface area contributed by atoms with Crippen LogP contribution < -0.4 is 5.19 Å². The molecular weight excluding hydrogens is 180 g/mol. The van der Waals surface area contributed by atoms with Crippen molar-refractivity contribution in [1.29, 1.82) is 0 Å². The Kier molecular flexibility index (Phi) is 2.43. The Labute approximate surface area is 67.3 Å². The number of hydrogen-bond acceptors (Lipinski definition) is 2. The van der Waals surface area contributed by atoms with Crippen molar-refractivity contribution in [2.24, 2.45) is 0 Å². The fourth-order valence-electron chi connectivity index (χ4n) is 0.785. The maximum Gasteiger partial charge on any atom is 0.229 e. The predicted octanol–water partition coefficient (Wildman–Crippen LogP) is -0.717. The normalized spacial score (nSPS) is 12.5. The smallest absolute Gasteiger partial charge is 0.229 e. The minimum absolute atomic E-state index is 0.731. The first-order valence-corrected chi connectivity index (χ1v) is 7.12. The lowest BCUT2D eigenvalue weighted by Gasteiger charge is -1.94. The fourth-order valence-corrected chi connectivity index (χ4v) is 3.51. The Morgan fingerprint density at radius 1 is 1.18 bits per heavy atom. The van der Waals surface area contributed by atoms with Gasteiger partial charge >= 0.3 is 0 Å². The number of benzene rings is 1. The average Bonchev–Trinajstić information content (AvgIpc) is 1.85. The summed E-state index contributed by atoms with van der Waals surface area (Å²) >= 11 is 0. The van der Waals surface area contributed by atoms with Crippen molar-refractivity contribution in [1.82, 2.24) is 0 Å². The highest BCUT2D eigenvalue weighted by Crippen LogP contribution is 1.84. The van der Waals surface area contributed by atoms with Gasteiger partial charge in [-0.15, -0.1) is 0 Å². The van der Waals surface area contributed by atoms with Gasteiger partial charge in [0.15, 0.2) is 0 Å². The van der Waals surface area contributed by atoms with E-state index >= 15 is 0 Å². The van der Waals surface area contributed by atoms with E-state index in [0.29, 0.717) is 0 Å². The number of hydrogen-bond donors (Lipinski definition) is 1. The molecule has 0 spiro atoms. The Bertz CT molecular complexity index is 319. The van der Waals surface area contributed by atoms with Crippen molar-refractivity contribution in [2.75, 3.05) is 0 Å². The van der Waals surface area contributed by atoms with Gasteiger partial charge in [0, 0.05) is 0 Å². The molecule has 0 aromatic heterocycles. The summed E-state index contributed by atoms with van der Waals surface area (Å²) in [5.41, 5.74) is 0. The monoisotopic (exact) mass is 188 g/mol. The second-order valence-electron chi connectivity index (χ2n) is 2.21. The first kappa shape index (κ1) is 8.44. The molecule has 0 saturated heterocycles. The van der Waals surface area contributed by atoms with Gasteiger partial charge in [-0.2, -0.15) is 0 Å². The Morgan fingerprint density at radius 2 is 1.73 bits per heavy atom. The topological polar surface area (TPSA) is 54.4 Å². The number of rotatable bonds is 2. The Balaban J connectivity index is 2.82. The highest BCUT2D eigenvalue weighted by molar-refractivity contribution is 8.12. The minimum atomic E-state index is -3.74. The summed E-state index contributed by atoms with van der Waals surface area (Å²) in [6.45, 7) is 0. The average molecular weight is 188 g/mol. The summed E-state index contributed by atoms with van der Waals surface area (Å²) < 4.78 is 29.3. The van der Waals surface area contributed by atoms with Crippen LogP contribution in [-0.2, 0) is 9.57 Å². The highest BCUT2D eigenvalue weighted by atomic mass is 32.4. The molecule has 5 heteroatoms. The van der Waals surface area contributed by atoms with Crippen LogP contribution in [-0.4, -0.2) is 21.6 Å². The van der Waals surface area contributed by atoms with Gasteiger partial charge in [-0.1, -0.05) is 30.3 Å². The first-order valence-electron chi connectivity index (χ1n) is 3.07.